The molecule has 2 rings (SSSR count). The van der Waals surface area contributed by atoms with Crippen molar-refractivity contribution in [3.8, 4) is 0 Å². The number of anilines is 1. The second kappa shape index (κ2) is 4.57. The van der Waals surface area contributed by atoms with E-state index < -0.39 is 0 Å². The molecule has 0 aliphatic carbocycles. The third-order valence-corrected chi connectivity index (χ3v) is 3.02. The van der Waals surface area contributed by atoms with Crippen molar-refractivity contribution in [3.05, 3.63) is 17.8 Å². The lowest BCUT2D eigenvalue weighted by Crippen LogP contribution is -2.33. The number of nitrogens with two attached hydrogens (primary N) is 1. The molecule has 15 heavy (non-hydrogen) atoms. The molecule has 1 aromatic rings. The lowest BCUT2D eigenvalue weighted by atomic mass is 9.99. The van der Waals surface area contributed by atoms with E-state index in [-0.39, 0.29) is 0 Å². The summed E-state index contributed by atoms with van der Waals surface area (Å²) in [5.41, 5.74) is 6.33. The van der Waals surface area contributed by atoms with Crippen molar-refractivity contribution in [2.75, 3.05) is 18.0 Å². The van der Waals surface area contributed by atoms with Crippen LogP contribution < -0.4 is 10.6 Å². The summed E-state index contributed by atoms with van der Waals surface area (Å²) in [6.45, 7) is 4.96. The van der Waals surface area contributed by atoms with Gasteiger partial charge in [-0.3, -0.25) is 0 Å². The first kappa shape index (κ1) is 10.4. The highest BCUT2D eigenvalue weighted by molar-refractivity contribution is 5.37. The Balaban J connectivity index is 2.03. The van der Waals surface area contributed by atoms with E-state index in [2.05, 4.69) is 22.0 Å². The molecule has 0 saturated carbocycles. The summed E-state index contributed by atoms with van der Waals surface area (Å²) in [5, 5.41) is 8.27. The van der Waals surface area contributed by atoms with Crippen LogP contribution in [-0.4, -0.2) is 23.3 Å². The molecule has 1 aromatic heterocycles. The molecule has 0 aromatic carbocycles. The largest absolute Gasteiger partial charge is 0.355 e. The van der Waals surface area contributed by atoms with Crippen molar-refractivity contribution in [1.29, 1.82) is 0 Å². The summed E-state index contributed by atoms with van der Waals surface area (Å²) in [6, 6.07) is 3.98. The van der Waals surface area contributed by atoms with Gasteiger partial charge in [-0.1, -0.05) is 6.92 Å². The molecule has 1 aliphatic rings. The number of piperidine rings is 1. The van der Waals surface area contributed by atoms with Gasteiger partial charge in [-0.05, 0) is 30.9 Å². The summed E-state index contributed by atoms with van der Waals surface area (Å²) >= 11 is 0. The van der Waals surface area contributed by atoms with Crippen molar-refractivity contribution >= 4 is 5.82 Å². The molecule has 1 fully saturated rings. The highest BCUT2D eigenvalue weighted by Gasteiger charge is 2.16. The van der Waals surface area contributed by atoms with Crippen LogP contribution in [0.15, 0.2) is 12.1 Å². The van der Waals surface area contributed by atoms with Crippen LogP contribution in [0.3, 0.4) is 0 Å². The van der Waals surface area contributed by atoms with Crippen LogP contribution in [0.5, 0.6) is 0 Å². The van der Waals surface area contributed by atoms with Crippen molar-refractivity contribution in [3.63, 3.8) is 0 Å². The van der Waals surface area contributed by atoms with Gasteiger partial charge >= 0.3 is 0 Å². The molecule has 0 amide bonds. The van der Waals surface area contributed by atoms with Crippen molar-refractivity contribution in [2.24, 2.45) is 11.7 Å². The van der Waals surface area contributed by atoms with E-state index in [9.17, 15) is 0 Å². The third kappa shape index (κ3) is 2.45. The first-order chi connectivity index (χ1) is 7.29. The molecule has 82 valence electrons. The Labute approximate surface area is 90.5 Å². The zero-order valence-corrected chi connectivity index (χ0v) is 9.19. The first-order valence-corrected chi connectivity index (χ1v) is 5.57. The Bertz CT molecular complexity index is 301. The lowest BCUT2D eigenvalue weighted by molar-refractivity contribution is 0.436. The number of hydrogen-bond acceptors (Lipinski definition) is 4. The Morgan fingerprint density at radius 1 is 1.33 bits per heavy atom. The molecule has 0 atom stereocenters. The molecular formula is C11H18N4. The maximum Gasteiger partial charge on any atom is 0.151 e. The van der Waals surface area contributed by atoms with Crippen molar-refractivity contribution < 1.29 is 0 Å². The predicted octanol–water partition coefficient (Wildman–Crippen LogP) is 1.17. The van der Waals surface area contributed by atoms with Crippen molar-refractivity contribution in [1.82, 2.24) is 10.2 Å². The van der Waals surface area contributed by atoms with Gasteiger partial charge in [0.1, 0.15) is 0 Å². The fourth-order valence-corrected chi connectivity index (χ4v) is 1.87. The zero-order chi connectivity index (χ0) is 10.7. The average molecular weight is 206 g/mol. The lowest BCUT2D eigenvalue weighted by Gasteiger charge is -2.30. The minimum absolute atomic E-state index is 0.463. The zero-order valence-electron chi connectivity index (χ0n) is 9.19. The van der Waals surface area contributed by atoms with Crippen LogP contribution in [0.25, 0.3) is 0 Å². The Kier molecular flexibility index (Phi) is 3.16. The van der Waals surface area contributed by atoms with Crippen LogP contribution in [0.1, 0.15) is 25.5 Å². The van der Waals surface area contributed by atoms with Gasteiger partial charge in [0.05, 0.1) is 5.69 Å². The van der Waals surface area contributed by atoms with Gasteiger partial charge in [0, 0.05) is 19.6 Å². The molecule has 1 aliphatic heterocycles. The second-order valence-corrected chi connectivity index (χ2v) is 4.26. The van der Waals surface area contributed by atoms with Gasteiger partial charge in [-0.25, -0.2) is 0 Å². The van der Waals surface area contributed by atoms with Crippen molar-refractivity contribution in [2.45, 2.75) is 26.3 Å². The van der Waals surface area contributed by atoms with E-state index in [4.69, 9.17) is 5.73 Å². The fourth-order valence-electron chi connectivity index (χ4n) is 1.87. The van der Waals surface area contributed by atoms with E-state index in [0.717, 1.165) is 30.5 Å². The van der Waals surface area contributed by atoms with E-state index >= 15 is 0 Å². The molecule has 0 unspecified atom stereocenters. The van der Waals surface area contributed by atoms with Gasteiger partial charge in [0.25, 0.3) is 0 Å². The number of nitrogens with zero attached hydrogens (tertiary/aromatic N) is 3. The summed E-state index contributed by atoms with van der Waals surface area (Å²) in [4.78, 5) is 2.30. The van der Waals surface area contributed by atoms with Crippen LogP contribution >= 0.6 is 0 Å². The normalized spacial score (nSPS) is 18.1. The van der Waals surface area contributed by atoms with Crippen LogP contribution in [0, 0.1) is 5.92 Å². The minimum Gasteiger partial charge on any atom is -0.355 e. The Hall–Kier alpha value is -1.16. The Morgan fingerprint density at radius 3 is 2.60 bits per heavy atom. The molecule has 2 N–H and O–H groups in total. The number of rotatable bonds is 2. The highest BCUT2D eigenvalue weighted by Crippen LogP contribution is 2.20. The molecule has 2 heterocycles. The van der Waals surface area contributed by atoms with Gasteiger partial charge < -0.3 is 10.6 Å². The Morgan fingerprint density at radius 2 is 2.07 bits per heavy atom. The number of aromatic nitrogens is 2. The monoisotopic (exact) mass is 206 g/mol. The summed E-state index contributed by atoms with van der Waals surface area (Å²) in [6.07, 6.45) is 2.50. The molecule has 4 nitrogen and oxygen atoms in total. The standard InChI is InChI=1S/C11H18N4/c1-9-4-6-15(7-5-9)11-3-2-10(8-12)13-14-11/h2-3,9H,4-8,12H2,1H3. The quantitative estimate of drug-likeness (QED) is 0.789. The van der Waals surface area contributed by atoms with E-state index in [1.807, 2.05) is 12.1 Å². The molecule has 1 saturated heterocycles. The predicted molar refractivity (Wildman–Crippen MR) is 60.5 cm³/mol. The maximum absolute atomic E-state index is 5.48. The smallest absolute Gasteiger partial charge is 0.151 e. The van der Waals surface area contributed by atoms with Crippen LogP contribution in [-0.2, 0) is 6.54 Å². The average Bonchev–Trinajstić information content (AvgIpc) is 2.30. The summed E-state index contributed by atoms with van der Waals surface area (Å²) in [7, 11) is 0. The molecule has 4 heteroatoms. The number of hydrogen-bond donors (Lipinski definition) is 1. The maximum atomic E-state index is 5.48. The summed E-state index contributed by atoms with van der Waals surface area (Å²) in [5.74, 6) is 1.83. The van der Waals surface area contributed by atoms with E-state index in [0.29, 0.717) is 6.54 Å². The van der Waals surface area contributed by atoms with Crippen LogP contribution in [0.2, 0.25) is 0 Å². The van der Waals surface area contributed by atoms with Gasteiger partial charge in [-0.2, -0.15) is 5.10 Å². The van der Waals surface area contributed by atoms with Gasteiger partial charge in [0.15, 0.2) is 5.82 Å². The molecule has 0 radical (unpaired) electrons. The molecule has 0 bridgehead atoms. The highest BCUT2D eigenvalue weighted by atomic mass is 15.3. The van der Waals surface area contributed by atoms with Gasteiger partial charge in [0.2, 0.25) is 0 Å². The van der Waals surface area contributed by atoms with Gasteiger partial charge in [-0.15, -0.1) is 5.10 Å². The van der Waals surface area contributed by atoms with E-state index in [1.165, 1.54) is 12.8 Å². The minimum atomic E-state index is 0.463. The SMILES string of the molecule is CC1CCN(c2ccc(CN)nn2)CC1. The first-order valence-electron chi connectivity index (χ1n) is 5.57. The fraction of sp³-hybridized carbons (Fsp3) is 0.636. The van der Waals surface area contributed by atoms with Crippen LogP contribution in [0.4, 0.5) is 5.82 Å². The molecular weight excluding hydrogens is 188 g/mol. The summed E-state index contributed by atoms with van der Waals surface area (Å²) < 4.78 is 0. The second-order valence-electron chi connectivity index (χ2n) is 4.26. The molecule has 0 spiro atoms. The topological polar surface area (TPSA) is 55.0 Å². The van der Waals surface area contributed by atoms with E-state index in [1.54, 1.807) is 0 Å². The third-order valence-electron chi connectivity index (χ3n) is 3.02.